The molecule has 1 unspecified atom stereocenters. The van der Waals surface area contributed by atoms with E-state index in [0.29, 0.717) is 11.8 Å². The van der Waals surface area contributed by atoms with Crippen LogP contribution in [0.25, 0.3) is 0 Å². The second-order valence-corrected chi connectivity index (χ2v) is 5.37. The van der Waals surface area contributed by atoms with Crippen molar-refractivity contribution in [3.05, 3.63) is 28.7 Å². The summed E-state index contributed by atoms with van der Waals surface area (Å²) in [6.45, 7) is 6.60. The molecule has 90 valence electrons. The van der Waals surface area contributed by atoms with Gasteiger partial charge in [0.1, 0.15) is 0 Å². The van der Waals surface area contributed by atoms with E-state index in [0.717, 1.165) is 17.6 Å². The van der Waals surface area contributed by atoms with Crippen LogP contribution < -0.4 is 10.6 Å². The third kappa shape index (κ3) is 4.54. The Labute approximate surface area is 107 Å². The molecule has 1 rings (SSSR count). The highest BCUT2D eigenvalue weighted by Gasteiger charge is 2.11. The van der Waals surface area contributed by atoms with E-state index >= 15 is 0 Å². The maximum atomic E-state index is 3.48. The van der Waals surface area contributed by atoms with Gasteiger partial charge in [-0.05, 0) is 43.6 Å². The van der Waals surface area contributed by atoms with Crippen LogP contribution in [0.15, 0.2) is 28.7 Å². The summed E-state index contributed by atoms with van der Waals surface area (Å²) >= 11 is 3.48. The lowest BCUT2D eigenvalue weighted by Gasteiger charge is -2.21. The molecule has 2 nitrogen and oxygen atoms in total. The van der Waals surface area contributed by atoms with Crippen molar-refractivity contribution in [1.82, 2.24) is 5.32 Å². The molecular weight excluding hydrogens is 264 g/mol. The Morgan fingerprint density at radius 1 is 1.25 bits per heavy atom. The lowest BCUT2D eigenvalue weighted by molar-refractivity contribution is 0.390. The summed E-state index contributed by atoms with van der Waals surface area (Å²) in [6.07, 6.45) is 0. The van der Waals surface area contributed by atoms with E-state index in [-0.39, 0.29) is 0 Å². The van der Waals surface area contributed by atoms with Gasteiger partial charge >= 0.3 is 0 Å². The van der Waals surface area contributed by atoms with Crippen LogP contribution in [0.1, 0.15) is 13.8 Å². The van der Waals surface area contributed by atoms with E-state index in [2.05, 4.69) is 58.6 Å². The zero-order valence-corrected chi connectivity index (χ0v) is 11.8. The molecule has 0 heterocycles. The average Bonchev–Trinajstić information content (AvgIpc) is 2.24. The highest BCUT2D eigenvalue weighted by Crippen LogP contribution is 2.17. The highest BCUT2D eigenvalue weighted by atomic mass is 79.9. The predicted octanol–water partition coefficient (Wildman–Crippen LogP) is 3.35. The molecule has 0 aliphatic carbocycles. The fourth-order valence-corrected chi connectivity index (χ4v) is 2.05. The Kier molecular flexibility index (Phi) is 5.85. The third-order valence-electron chi connectivity index (χ3n) is 2.80. The second-order valence-electron chi connectivity index (χ2n) is 4.45. The Balaban J connectivity index is 2.48. The van der Waals surface area contributed by atoms with Crippen molar-refractivity contribution in [1.29, 1.82) is 0 Å². The van der Waals surface area contributed by atoms with E-state index in [4.69, 9.17) is 0 Å². The molecule has 0 bridgehead atoms. The van der Waals surface area contributed by atoms with Crippen LogP contribution in [0.3, 0.4) is 0 Å². The zero-order chi connectivity index (χ0) is 12.0. The number of hydrogen-bond donors (Lipinski definition) is 2. The van der Waals surface area contributed by atoms with Gasteiger partial charge in [-0.15, -0.1) is 0 Å². The van der Waals surface area contributed by atoms with Gasteiger partial charge in [-0.2, -0.15) is 0 Å². The fourth-order valence-electron chi connectivity index (χ4n) is 1.65. The summed E-state index contributed by atoms with van der Waals surface area (Å²) in [6, 6.07) is 8.30. The molecule has 0 aliphatic rings. The normalized spacial score (nSPS) is 12.8. The van der Waals surface area contributed by atoms with Crippen molar-refractivity contribution in [2.24, 2.45) is 11.8 Å². The Hall–Kier alpha value is -0.540. The van der Waals surface area contributed by atoms with Crippen molar-refractivity contribution < 1.29 is 0 Å². The minimum absolute atomic E-state index is 0.656. The fraction of sp³-hybridized carbons (Fsp3) is 0.538. The smallest absolute Gasteiger partial charge is 0.0351 e. The number of nitrogens with one attached hydrogen (secondary N) is 2. The average molecular weight is 285 g/mol. The molecule has 16 heavy (non-hydrogen) atoms. The molecular formula is C13H21BrN2. The predicted molar refractivity (Wildman–Crippen MR) is 74.9 cm³/mol. The van der Waals surface area contributed by atoms with Gasteiger partial charge in [0.15, 0.2) is 0 Å². The number of anilines is 1. The molecule has 0 fully saturated rings. The molecule has 0 amide bonds. The number of rotatable bonds is 6. The van der Waals surface area contributed by atoms with E-state index in [1.165, 1.54) is 5.69 Å². The molecule has 0 spiro atoms. The maximum absolute atomic E-state index is 3.48. The Morgan fingerprint density at radius 2 is 2.00 bits per heavy atom. The van der Waals surface area contributed by atoms with Crippen LogP contribution in [0, 0.1) is 11.8 Å². The van der Waals surface area contributed by atoms with Crippen molar-refractivity contribution in [3.63, 3.8) is 0 Å². The van der Waals surface area contributed by atoms with E-state index in [1.807, 2.05) is 13.1 Å². The van der Waals surface area contributed by atoms with Crippen LogP contribution in [0.2, 0.25) is 0 Å². The number of benzene rings is 1. The Bertz CT molecular complexity index is 313. The lowest BCUT2D eigenvalue weighted by atomic mass is 9.96. The summed E-state index contributed by atoms with van der Waals surface area (Å²) in [4.78, 5) is 0. The van der Waals surface area contributed by atoms with Gasteiger partial charge in [-0.25, -0.2) is 0 Å². The van der Waals surface area contributed by atoms with Crippen LogP contribution >= 0.6 is 15.9 Å². The maximum Gasteiger partial charge on any atom is 0.0351 e. The van der Waals surface area contributed by atoms with Crippen LogP contribution in [-0.4, -0.2) is 20.1 Å². The SMILES string of the molecule is CNCC(CNc1cccc(Br)c1)C(C)C. The summed E-state index contributed by atoms with van der Waals surface area (Å²) in [7, 11) is 2.01. The second kappa shape index (κ2) is 6.92. The summed E-state index contributed by atoms with van der Waals surface area (Å²) < 4.78 is 1.12. The van der Waals surface area contributed by atoms with Gasteiger partial charge in [0, 0.05) is 16.7 Å². The number of halogens is 1. The summed E-state index contributed by atoms with van der Waals surface area (Å²) in [5, 5.41) is 6.73. The highest BCUT2D eigenvalue weighted by molar-refractivity contribution is 9.10. The van der Waals surface area contributed by atoms with Crippen LogP contribution in [0.5, 0.6) is 0 Å². The first-order chi connectivity index (χ1) is 7.63. The van der Waals surface area contributed by atoms with Gasteiger partial charge in [0.25, 0.3) is 0 Å². The molecule has 1 atom stereocenters. The summed E-state index contributed by atoms with van der Waals surface area (Å²) in [5.41, 5.74) is 1.18. The minimum Gasteiger partial charge on any atom is -0.385 e. The third-order valence-corrected chi connectivity index (χ3v) is 3.30. The van der Waals surface area contributed by atoms with E-state index in [1.54, 1.807) is 0 Å². The van der Waals surface area contributed by atoms with Crippen molar-refractivity contribution in [2.75, 3.05) is 25.5 Å². The first-order valence-electron chi connectivity index (χ1n) is 5.77. The first kappa shape index (κ1) is 13.5. The quantitative estimate of drug-likeness (QED) is 0.837. The van der Waals surface area contributed by atoms with Gasteiger partial charge in [0.2, 0.25) is 0 Å². The molecule has 0 aliphatic heterocycles. The van der Waals surface area contributed by atoms with Crippen LogP contribution in [-0.2, 0) is 0 Å². The molecule has 0 aromatic heterocycles. The molecule has 1 aromatic carbocycles. The summed E-state index contributed by atoms with van der Waals surface area (Å²) in [5.74, 6) is 1.34. The molecule has 0 saturated heterocycles. The zero-order valence-electron chi connectivity index (χ0n) is 10.3. The minimum atomic E-state index is 0.656. The molecule has 0 saturated carbocycles. The lowest BCUT2D eigenvalue weighted by Crippen LogP contribution is -2.29. The molecule has 1 aromatic rings. The van der Waals surface area contributed by atoms with E-state index < -0.39 is 0 Å². The topological polar surface area (TPSA) is 24.1 Å². The molecule has 2 N–H and O–H groups in total. The Morgan fingerprint density at radius 3 is 2.56 bits per heavy atom. The largest absolute Gasteiger partial charge is 0.385 e. The van der Waals surface area contributed by atoms with Crippen molar-refractivity contribution in [3.8, 4) is 0 Å². The van der Waals surface area contributed by atoms with E-state index in [9.17, 15) is 0 Å². The van der Waals surface area contributed by atoms with Gasteiger partial charge in [-0.3, -0.25) is 0 Å². The van der Waals surface area contributed by atoms with Crippen molar-refractivity contribution in [2.45, 2.75) is 13.8 Å². The monoisotopic (exact) mass is 284 g/mol. The first-order valence-corrected chi connectivity index (χ1v) is 6.56. The molecule has 0 radical (unpaired) electrons. The van der Waals surface area contributed by atoms with Gasteiger partial charge in [0.05, 0.1) is 0 Å². The van der Waals surface area contributed by atoms with Crippen molar-refractivity contribution >= 4 is 21.6 Å². The van der Waals surface area contributed by atoms with Gasteiger partial charge in [-0.1, -0.05) is 35.8 Å². The van der Waals surface area contributed by atoms with Crippen LogP contribution in [0.4, 0.5) is 5.69 Å². The van der Waals surface area contributed by atoms with Gasteiger partial charge < -0.3 is 10.6 Å². The standard InChI is InChI=1S/C13H21BrN2/c1-10(2)11(8-15-3)9-16-13-6-4-5-12(14)7-13/h4-7,10-11,15-16H,8-9H2,1-3H3. The molecule has 3 heteroatoms. The number of hydrogen-bond acceptors (Lipinski definition) is 2.